The number of esters is 1. The molecule has 0 bridgehead atoms. The molecule has 0 unspecified atom stereocenters. The van der Waals surface area contributed by atoms with Crippen LogP contribution in [0.4, 0.5) is 0 Å². The molecule has 0 aromatic heterocycles. The average Bonchev–Trinajstić information content (AvgIpc) is 2.63. The number of rotatable bonds is 10. The van der Waals surface area contributed by atoms with Gasteiger partial charge in [0.1, 0.15) is 12.3 Å². The van der Waals surface area contributed by atoms with Gasteiger partial charge < -0.3 is 19.5 Å². The zero-order valence-corrected chi connectivity index (χ0v) is 15.0. The zero-order chi connectivity index (χ0) is 18.8. The number of methoxy groups -OCH3 is 1. The molecule has 1 N–H and O–H groups in total. The Kier molecular flexibility index (Phi) is 8.46. The summed E-state index contributed by atoms with van der Waals surface area (Å²) in [5, 5.41) is 2.63. The van der Waals surface area contributed by atoms with Gasteiger partial charge in [-0.05, 0) is 31.0 Å². The number of hydrogen-bond donors (Lipinski definition) is 1. The van der Waals surface area contributed by atoms with E-state index < -0.39 is 17.9 Å². The predicted octanol–water partition coefficient (Wildman–Crippen LogP) is 1.98. The minimum Gasteiger partial charge on any atom is -0.490 e. The van der Waals surface area contributed by atoms with E-state index in [1.54, 1.807) is 25.1 Å². The molecule has 1 aromatic rings. The summed E-state index contributed by atoms with van der Waals surface area (Å²) in [6.07, 6.45) is 1.41. The Morgan fingerprint density at radius 1 is 1.20 bits per heavy atom. The van der Waals surface area contributed by atoms with Crippen molar-refractivity contribution in [3.05, 3.63) is 23.8 Å². The highest BCUT2D eigenvalue weighted by Gasteiger charge is 2.26. The van der Waals surface area contributed by atoms with Crippen LogP contribution in [-0.4, -0.2) is 44.5 Å². The molecule has 0 saturated carbocycles. The Hall–Kier alpha value is -2.57. The van der Waals surface area contributed by atoms with E-state index in [1.165, 1.54) is 7.11 Å². The Morgan fingerprint density at radius 3 is 2.48 bits per heavy atom. The molecule has 2 atom stereocenters. The van der Waals surface area contributed by atoms with Crippen molar-refractivity contribution >= 4 is 18.2 Å². The van der Waals surface area contributed by atoms with Crippen molar-refractivity contribution < 1.29 is 28.6 Å². The first-order valence-corrected chi connectivity index (χ1v) is 8.18. The maximum absolute atomic E-state index is 12.1. The fourth-order valence-electron chi connectivity index (χ4n) is 2.14. The molecule has 0 spiro atoms. The Bertz CT molecular complexity index is 601. The van der Waals surface area contributed by atoms with E-state index in [0.29, 0.717) is 36.4 Å². The van der Waals surface area contributed by atoms with Crippen LogP contribution in [-0.2, 0) is 14.3 Å². The summed E-state index contributed by atoms with van der Waals surface area (Å²) in [6.45, 7) is 5.69. The summed E-state index contributed by atoms with van der Waals surface area (Å²) in [5.74, 6) is -0.278. The van der Waals surface area contributed by atoms with Crippen LogP contribution in [0.3, 0.4) is 0 Å². The van der Waals surface area contributed by atoms with E-state index >= 15 is 0 Å². The van der Waals surface area contributed by atoms with Gasteiger partial charge in [0, 0.05) is 5.56 Å². The lowest BCUT2D eigenvalue weighted by atomic mass is 9.99. The number of amides is 1. The van der Waals surface area contributed by atoms with E-state index in [2.05, 4.69) is 5.32 Å². The van der Waals surface area contributed by atoms with E-state index in [4.69, 9.17) is 14.2 Å². The van der Waals surface area contributed by atoms with Crippen molar-refractivity contribution in [1.82, 2.24) is 5.32 Å². The van der Waals surface area contributed by atoms with E-state index in [1.807, 2.05) is 13.8 Å². The number of benzene rings is 1. The number of carbonyl (C=O) groups is 3. The molecule has 25 heavy (non-hydrogen) atoms. The average molecular weight is 351 g/mol. The number of aldehydes is 1. The molecule has 7 nitrogen and oxygen atoms in total. The smallest absolute Gasteiger partial charge is 0.328 e. The van der Waals surface area contributed by atoms with Gasteiger partial charge in [-0.15, -0.1) is 0 Å². The van der Waals surface area contributed by atoms with Crippen molar-refractivity contribution in [2.24, 2.45) is 5.92 Å². The van der Waals surface area contributed by atoms with Crippen LogP contribution in [0, 0.1) is 5.92 Å². The van der Waals surface area contributed by atoms with Crippen molar-refractivity contribution in [2.75, 3.05) is 20.3 Å². The van der Waals surface area contributed by atoms with Gasteiger partial charge in [0.15, 0.2) is 18.1 Å². The van der Waals surface area contributed by atoms with Crippen molar-refractivity contribution in [3.63, 3.8) is 0 Å². The third-order valence-electron chi connectivity index (χ3n) is 3.75. The normalized spacial score (nSPS) is 12.6. The van der Waals surface area contributed by atoms with Crippen LogP contribution < -0.4 is 14.8 Å². The molecule has 0 fully saturated rings. The minimum atomic E-state index is -0.727. The number of hydrogen-bond acceptors (Lipinski definition) is 6. The largest absolute Gasteiger partial charge is 0.490 e. The van der Waals surface area contributed by atoms with E-state index in [-0.39, 0.29) is 12.5 Å². The second-order valence-electron chi connectivity index (χ2n) is 5.50. The van der Waals surface area contributed by atoms with E-state index in [0.717, 1.165) is 0 Å². The lowest BCUT2D eigenvalue weighted by molar-refractivity contribution is -0.146. The molecule has 0 heterocycles. The van der Waals surface area contributed by atoms with Crippen LogP contribution in [0.2, 0.25) is 0 Å². The molecule has 1 aromatic carbocycles. The first kappa shape index (κ1) is 20.5. The highest BCUT2D eigenvalue weighted by Crippen LogP contribution is 2.28. The van der Waals surface area contributed by atoms with Gasteiger partial charge in [0.2, 0.25) is 0 Å². The zero-order valence-electron chi connectivity index (χ0n) is 15.0. The number of carbonyl (C=O) groups excluding carboxylic acids is 3. The minimum absolute atomic E-state index is 0.0674. The van der Waals surface area contributed by atoms with Gasteiger partial charge in [-0.2, -0.15) is 0 Å². The fourth-order valence-corrected chi connectivity index (χ4v) is 2.14. The molecule has 0 aliphatic heterocycles. The Labute approximate surface area is 147 Å². The lowest BCUT2D eigenvalue weighted by Crippen LogP contribution is -2.47. The quantitative estimate of drug-likeness (QED) is 0.512. The fraction of sp³-hybridized carbons (Fsp3) is 0.500. The molecule has 0 radical (unpaired) electrons. The topological polar surface area (TPSA) is 90.9 Å². The predicted molar refractivity (Wildman–Crippen MR) is 91.9 cm³/mol. The maximum Gasteiger partial charge on any atom is 0.328 e. The Balaban J connectivity index is 2.74. The molecule has 0 aliphatic rings. The lowest BCUT2D eigenvalue weighted by Gasteiger charge is -2.22. The monoisotopic (exact) mass is 351 g/mol. The van der Waals surface area contributed by atoms with Crippen LogP contribution in [0.1, 0.15) is 37.6 Å². The standard InChI is InChI=1S/C18H25NO6/c1-5-12(3)17(18(22)23-4)19-16(21)11-25-14-8-7-13(10-20)9-15(14)24-6-2/h7-10,12,17H,5-6,11H2,1-4H3,(H,19,21)/t12-,17+/m0/s1. The summed E-state index contributed by atoms with van der Waals surface area (Å²) in [6, 6.07) is 3.95. The van der Waals surface area contributed by atoms with E-state index in [9.17, 15) is 14.4 Å². The van der Waals surface area contributed by atoms with Crippen molar-refractivity contribution in [1.29, 1.82) is 0 Å². The first-order chi connectivity index (χ1) is 12.0. The van der Waals surface area contributed by atoms with Gasteiger partial charge >= 0.3 is 5.97 Å². The Morgan fingerprint density at radius 2 is 1.92 bits per heavy atom. The van der Waals surface area contributed by atoms with Gasteiger partial charge in [-0.1, -0.05) is 20.3 Å². The molecule has 0 saturated heterocycles. The van der Waals surface area contributed by atoms with Gasteiger partial charge in [0.25, 0.3) is 5.91 Å². The van der Waals surface area contributed by atoms with Crippen LogP contribution >= 0.6 is 0 Å². The summed E-state index contributed by atoms with van der Waals surface area (Å²) in [4.78, 5) is 34.8. The second-order valence-corrected chi connectivity index (χ2v) is 5.50. The second kappa shape index (κ2) is 10.3. The van der Waals surface area contributed by atoms with Crippen molar-refractivity contribution in [2.45, 2.75) is 33.2 Å². The molecule has 1 rings (SSSR count). The number of nitrogens with one attached hydrogen (secondary N) is 1. The van der Waals surface area contributed by atoms with Crippen LogP contribution in [0.5, 0.6) is 11.5 Å². The van der Waals surface area contributed by atoms with Gasteiger partial charge in [-0.3, -0.25) is 9.59 Å². The molecular weight excluding hydrogens is 326 g/mol. The van der Waals surface area contributed by atoms with Gasteiger partial charge in [0.05, 0.1) is 13.7 Å². The maximum atomic E-state index is 12.1. The number of ether oxygens (including phenoxy) is 3. The first-order valence-electron chi connectivity index (χ1n) is 8.18. The molecule has 138 valence electrons. The SMILES string of the molecule is CCOc1cc(C=O)ccc1OCC(=O)N[C@@H](C(=O)OC)[C@@H](C)CC. The third-order valence-corrected chi connectivity index (χ3v) is 3.75. The summed E-state index contributed by atoms with van der Waals surface area (Å²) in [7, 11) is 1.28. The van der Waals surface area contributed by atoms with Gasteiger partial charge in [-0.25, -0.2) is 4.79 Å². The highest BCUT2D eigenvalue weighted by atomic mass is 16.5. The molecular formula is C18H25NO6. The molecule has 0 aliphatic carbocycles. The van der Waals surface area contributed by atoms with Crippen LogP contribution in [0.25, 0.3) is 0 Å². The molecule has 7 heteroatoms. The summed E-state index contributed by atoms with van der Waals surface area (Å²) >= 11 is 0. The summed E-state index contributed by atoms with van der Waals surface area (Å²) in [5.41, 5.74) is 0.447. The van der Waals surface area contributed by atoms with Crippen LogP contribution in [0.15, 0.2) is 18.2 Å². The summed E-state index contributed by atoms with van der Waals surface area (Å²) < 4.78 is 15.6. The highest BCUT2D eigenvalue weighted by molar-refractivity contribution is 5.85. The molecule has 1 amide bonds. The van der Waals surface area contributed by atoms with Crippen molar-refractivity contribution in [3.8, 4) is 11.5 Å². The third kappa shape index (κ3) is 6.10.